The van der Waals surface area contributed by atoms with Gasteiger partial charge < -0.3 is 15.5 Å². The van der Waals surface area contributed by atoms with Crippen LogP contribution in [0.25, 0.3) is 0 Å². The van der Waals surface area contributed by atoms with Gasteiger partial charge in [-0.05, 0) is 37.1 Å². The van der Waals surface area contributed by atoms with Crippen LogP contribution in [0.15, 0.2) is 24.3 Å². The summed E-state index contributed by atoms with van der Waals surface area (Å²) in [6.45, 7) is 2.20. The number of rotatable bonds is 4. The smallest absolute Gasteiger partial charge is 0.242 e. The molecule has 2 rings (SSSR count). The van der Waals surface area contributed by atoms with E-state index in [1.165, 1.54) is 12.8 Å². The monoisotopic (exact) mass is 305 g/mol. The zero-order valence-corrected chi connectivity index (χ0v) is 13.4. The van der Waals surface area contributed by atoms with Gasteiger partial charge in [-0.1, -0.05) is 25.1 Å². The molecular formula is C16H23N3OS. The molecule has 1 fully saturated rings. The molecule has 4 nitrogen and oxygen atoms in total. The number of anilines is 1. The average Bonchev–Trinajstić information content (AvgIpc) is 2.76. The van der Waals surface area contributed by atoms with Crippen LogP contribution in [0.3, 0.4) is 0 Å². The van der Waals surface area contributed by atoms with Crippen LogP contribution in [0.2, 0.25) is 0 Å². The minimum absolute atomic E-state index is 0.206. The van der Waals surface area contributed by atoms with Crippen LogP contribution in [0.4, 0.5) is 5.69 Å². The van der Waals surface area contributed by atoms with Gasteiger partial charge in [-0.25, -0.2) is 0 Å². The van der Waals surface area contributed by atoms with E-state index in [-0.39, 0.29) is 5.91 Å². The molecule has 0 radical (unpaired) electrons. The van der Waals surface area contributed by atoms with E-state index >= 15 is 0 Å². The molecule has 5 heteroatoms. The highest BCUT2D eigenvalue weighted by atomic mass is 32.1. The fraction of sp³-hybridized carbons (Fsp3) is 0.500. The van der Waals surface area contributed by atoms with E-state index in [0.29, 0.717) is 11.5 Å². The number of carbonyl (C=O) groups excluding carboxylic acids is 1. The Morgan fingerprint density at radius 1 is 1.19 bits per heavy atom. The van der Waals surface area contributed by atoms with Crippen LogP contribution in [0.5, 0.6) is 0 Å². The molecule has 1 saturated heterocycles. The first-order valence-electron chi connectivity index (χ1n) is 7.46. The second-order valence-corrected chi connectivity index (χ2v) is 6.00. The van der Waals surface area contributed by atoms with Crippen molar-refractivity contribution in [2.24, 2.45) is 5.73 Å². The summed E-state index contributed by atoms with van der Waals surface area (Å²) in [5, 5.41) is 0. The first-order chi connectivity index (χ1) is 10.1. The van der Waals surface area contributed by atoms with Crippen molar-refractivity contribution < 1.29 is 4.79 Å². The van der Waals surface area contributed by atoms with Crippen molar-refractivity contribution in [1.82, 2.24) is 4.90 Å². The Balaban J connectivity index is 1.94. The molecule has 1 aliphatic heterocycles. The van der Waals surface area contributed by atoms with E-state index in [4.69, 9.17) is 18.0 Å². The van der Waals surface area contributed by atoms with E-state index in [0.717, 1.165) is 37.2 Å². The lowest BCUT2D eigenvalue weighted by molar-refractivity contribution is -0.129. The Labute approximate surface area is 131 Å². The van der Waals surface area contributed by atoms with E-state index in [9.17, 15) is 4.79 Å². The van der Waals surface area contributed by atoms with Crippen LogP contribution >= 0.6 is 12.2 Å². The molecule has 0 unspecified atom stereocenters. The van der Waals surface area contributed by atoms with E-state index in [1.807, 2.05) is 41.1 Å². The number of hydrogen-bond acceptors (Lipinski definition) is 3. The van der Waals surface area contributed by atoms with Crippen molar-refractivity contribution >= 4 is 28.8 Å². The molecule has 1 heterocycles. The van der Waals surface area contributed by atoms with E-state index < -0.39 is 0 Å². The minimum atomic E-state index is 0.206. The van der Waals surface area contributed by atoms with Crippen LogP contribution in [0.1, 0.15) is 31.2 Å². The molecule has 0 saturated carbocycles. The third kappa shape index (κ3) is 4.43. The number of likely N-dealkylation sites (tertiary alicyclic amines) is 1. The lowest BCUT2D eigenvalue weighted by Gasteiger charge is -2.25. The van der Waals surface area contributed by atoms with Gasteiger partial charge in [-0.15, -0.1) is 0 Å². The highest BCUT2D eigenvalue weighted by molar-refractivity contribution is 7.80. The summed E-state index contributed by atoms with van der Waals surface area (Å²) in [5.74, 6) is 0.206. The molecule has 114 valence electrons. The Morgan fingerprint density at radius 3 is 2.29 bits per heavy atom. The minimum Gasteiger partial charge on any atom is -0.389 e. The van der Waals surface area contributed by atoms with Gasteiger partial charge in [0.15, 0.2) is 0 Å². The fourth-order valence-corrected chi connectivity index (χ4v) is 2.73. The van der Waals surface area contributed by atoms with Gasteiger partial charge in [-0.3, -0.25) is 4.79 Å². The predicted octanol–water partition coefficient (Wildman–Crippen LogP) is 2.16. The summed E-state index contributed by atoms with van der Waals surface area (Å²) in [6, 6.07) is 7.68. The largest absolute Gasteiger partial charge is 0.389 e. The molecule has 1 amide bonds. The summed E-state index contributed by atoms with van der Waals surface area (Å²) in [7, 11) is 1.94. The zero-order valence-electron chi connectivity index (χ0n) is 12.5. The number of thiocarbonyl (C=S) groups is 1. The molecule has 2 N–H and O–H groups in total. The van der Waals surface area contributed by atoms with Gasteiger partial charge in [0.2, 0.25) is 5.91 Å². The Bertz CT molecular complexity index is 493. The van der Waals surface area contributed by atoms with Gasteiger partial charge in [0.25, 0.3) is 0 Å². The number of hydrogen-bond donors (Lipinski definition) is 1. The maximum absolute atomic E-state index is 12.4. The van der Waals surface area contributed by atoms with Gasteiger partial charge in [0.05, 0.1) is 6.54 Å². The lowest BCUT2D eigenvalue weighted by atomic mass is 10.2. The maximum atomic E-state index is 12.4. The quantitative estimate of drug-likeness (QED) is 0.866. The van der Waals surface area contributed by atoms with Crippen LogP contribution in [-0.2, 0) is 4.79 Å². The first-order valence-corrected chi connectivity index (χ1v) is 7.87. The Hall–Kier alpha value is -1.62. The number of likely N-dealkylation sites (N-methyl/N-ethyl adjacent to an activating group) is 1. The molecule has 0 aliphatic carbocycles. The Kier molecular flexibility index (Phi) is 5.56. The van der Waals surface area contributed by atoms with E-state index in [1.54, 1.807) is 0 Å². The van der Waals surface area contributed by atoms with E-state index in [2.05, 4.69) is 0 Å². The normalized spacial score (nSPS) is 15.4. The molecule has 1 aliphatic rings. The molecule has 0 atom stereocenters. The highest BCUT2D eigenvalue weighted by Gasteiger charge is 2.17. The topological polar surface area (TPSA) is 49.6 Å². The average molecular weight is 305 g/mol. The third-order valence-corrected chi connectivity index (χ3v) is 4.16. The maximum Gasteiger partial charge on any atom is 0.242 e. The van der Waals surface area contributed by atoms with Gasteiger partial charge in [0.1, 0.15) is 4.99 Å². The lowest BCUT2D eigenvalue weighted by Crippen LogP contribution is -2.39. The third-order valence-electron chi connectivity index (χ3n) is 3.92. The van der Waals surface area contributed by atoms with Crippen molar-refractivity contribution in [2.75, 3.05) is 31.6 Å². The van der Waals surface area contributed by atoms with Crippen LogP contribution in [-0.4, -0.2) is 42.5 Å². The zero-order chi connectivity index (χ0) is 15.2. The summed E-state index contributed by atoms with van der Waals surface area (Å²) in [5.41, 5.74) is 7.44. The molecule has 0 aromatic heterocycles. The molecule has 1 aromatic rings. The second kappa shape index (κ2) is 7.41. The highest BCUT2D eigenvalue weighted by Crippen LogP contribution is 2.15. The van der Waals surface area contributed by atoms with Gasteiger partial charge in [-0.2, -0.15) is 0 Å². The van der Waals surface area contributed by atoms with Gasteiger partial charge >= 0.3 is 0 Å². The second-order valence-electron chi connectivity index (χ2n) is 5.56. The molecule has 21 heavy (non-hydrogen) atoms. The summed E-state index contributed by atoms with van der Waals surface area (Å²) < 4.78 is 0. The molecule has 1 aromatic carbocycles. The summed E-state index contributed by atoms with van der Waals surface area (Å²) >= 11 is 4.94. The number of nitrogens with zero attached hydrogens (tertiary/aromatic N) is 2. The van der Waals surface area contributed by atoms with Crippen LogP contribution in [0, 0.1) is 0 Å². The number of nitrogens with two attached hydrogens (primary N) is 1. The van der Waals surface area contributed by atoms with Crippen LogP contribution < -0.4 is 10.6 Å². The SMILES string of the molecule is CN(CC(=O)N1CCCCCC1)c1ccc(C(N)=S)cc1. The van der Waals surface area contributed by atoms with Gasteiger partial charge in [0, 0.05) is 31.4 Å². The van der Waals surface area contributed by atoms with Crippen molar-refractivity contribution in [3.05, 3.63) is 29.8 Å². The predicted molar refractivity (Wildman–Crippen MR) is 90.6 cm³/mol. The molecular weight excluding hydrogens is 282 g/mol. The fourth-order valence-electron chi connectivity index (χ4n) is 2.59. The first kappa shape index (κ1) is 15.8. The molecule has 0 spiro atoms. The standard InChI is InChI=1S/C16H23N3OS/c1-18(14-8-6-13(7-9-14)16(17)21)12-15(20)19-10-4-2-3-5-11-19/h6-9H,2-5,10-12H2,1H3,(H2,17,21). The number of carbonyl (C=O) groups is 1. The van der Waals surface area contributed by atoms with Crippen molar-refractivity contribution in [3.63, 3.8) is 0 Å². The Morgan fingerprint density at radius 2 is 1.76 bits per heavy atom. The summed E-state index contributed by atoms with van der Waals surface area (Å²) in [4.78, 5) is 16.7. The van der Waals surface area contributed by atoms with Crippen molar-refractivity contribution in [1.29, 1.82) is 0 Å². The van der Waals surface area contributed by atoms with Crippen molar-refractivity contribution in [3.8, 4) is 0 Å². The number of benzene rings is 1. The van der Waals surface area contributed by atoms with Crippen molar-refractivity contribution in [2.45, 2.75) is 25.7 Å². The summed E-state index contributed by atoms with van der Waals surface area (Å²) in [6.07, 6.45) is 4.72. The molecule has 0 bridgehead atoms. The number of amides is 1.